The quantitative estimate of drug-likeness (QED) is 0.420. The van der Waals surface area contributed by atoms with Gasteiger partial charge in [-0.3, -0.25) is 4.79 Å². The normalized spacial score (nSPS) is 15.7. The van der Waals surface area contributed by atoms with Crippen LogP contribution >= 0.6 is 0 Å². The molecule has 1 atom stereocenters. The molecule has 4 heteroatoms. The predicted octanol–water partition coefficient (Wildman–Crippen LogP) is 5.79. The second-order valence-corrected chi connectivity index (χ2v) is 7.17. The van der Waals surface area contributed by atoms with Gasteiger partial charge in [0.2, 0.25) is 0 Å². The molecule has 0 aromatic heterocycles. The molecule has 0 aliphatic carbocycles. The van der Waals surface area contributed by atoms with Crippen LogP contribution in [0.25, 0.3) is 0 Å². The number of carbonyl (C=O) groups is 1. The van der Waals surface area contributed by atoms with Crippen molar-refractivity contribution in [1.82, 2.24) is 4.90 Å². The standard InChI is InChI=1S/C24H30N2O2/c1-3-5-6-7-10-18-28-20-15-13-19(14-16-20)23-25-22-12-9-8-11-21(22)24(27)26(23)17-4-2/h4,8-9,11-16,23,25H,2-3,5-7,10,17-18H2,1H3. The van der Waals surface area contributed by atoms with Crippen molar-refractivity contribution in [2.24, 2.45) is 0 Å². The average Bonchev–Trinajstić information content (AvgIpc) is 2.73. The van der Waals surface area contributed by atoms with Crippen LogP contribution in [-0.4, -0.2) is 24.0 Å². The number of unbranched alkanes of at least 4 members (excludes halogenated alkanes) is 4. The molecule has 3 rings (SSSR count). The molecule has 148 valence electrons. The molecule has 1 N–H and O–H groups in total. The van der Waals surface area contributed by atoms with Crippen molar-refractivity contribution in [3.8, 4) is 5.75 Å². The molecule has 28 heavy (non-hydrogen) atoms. The van der Waals surface area contributed by atoms with Crippen LogP contribution < -0.4 is 10.1 Å². The van der Waals surface area contributed by atoms with Gasteiger partial charge >= 0.3 is 0 Å². The number of benzene rings is 2. The van der Waals surface area contributed by atoms with E-state index in [4.69, 9.17) is 4.74 Å². The second-order valence-electron chi connectivity index (χ2n) is 7.17. The van der Waals surface area contributed by atoms with Gasteiger partial charge in [-0.1, -0.05) is 62.9 Å². The van der Waals surface area contributed by atoms with Crippen LogP contribution in [0.15, 0.2) is 61.2 Å². The lowest BCUT2D eigenvalue weighted by Gasteiger charge is -2.37. The van der Waals surface area contributed by atoms with E-state index in [1.54, 1.807) is 11.0 Å². The van der Waals surface area contributed by atoms with Gasteiger partial charge in [0.1, 0.15) is 11.9 Å². The molecule has 2 aromatic rings. The highest BCUT2D eigenvalue weighted by Crippen LogP contribution is 2.33. The van der Waals surface area contributed by atoms with E-state index < -0.39 is 0 Å². The third-order valence-electron chi connectivity index (χ3n) is 5.06. The number of nitrogens with one attached hydrogen (secondary N) is 1. The van der Waals surface area contributed by atoms with Crippen molar-refractivity contribution in [3.63, 3.8) is 0 Å². The Labute approximate surface area is 168 Å². The number of rotatable bonds is 10. The maximum atomic E-state index is 12.9. The summed E-state index contributed by atoms with van der Waals surface area (Å²) in [7, 11) is 0. The van der Waals surface area contributed by atoms with Gasteiger partial charge in [0.15, 0.2) is 0 Å². The van der Waals surface area contributed by atoms with E-state index >= 15 is 0 Å². The van der Waals surface area contributed by atoms with Gasteiger partial charge in [0.05, 0.1) is 12.2 Å². The van der Waals surface area contributed by atoms with E-state index in [2.05, 4.69) is 18.8 Å². The van der Waals surface area contributed by atoms with Gasteiger partial charge < -0.3 is 15.0 Å². The fourth-order valence-corrected chi connectivity index (χ4v) is 3.53. The zero-order valence-electron chi connectivity index (χ0n) is 16.7. The summed E-state index contributed by atoms with van der Waals surface area (Å²) in [6.45, 7) is 7.27. The lowest BCUT2D eigenvalue weighted by molar-refractivity contribution is 0.0707. The summed E-state index contributed by atoms with van der Waals surface area (Å²) in [5, 5.41) is 3.49. The zero-order valence-corrected chi connectivity index (χ0v) is 16.7. The summed E-state index contributed by atoms with van der Waals surface area (Å²) in [6, 6.07) is 15.7. The van der Waals surface area contributed by atoms with E-state index in [1.165, 1.54) is 25.7 Å². The minimum Gasteiger partial charge on any atom is -0.494 e. The van der Waals surface area contributed by atoms with Crippen molar-refractivity contribution in [2.75, 3.05) is 18.5 Å². The summed E-state index contributed by atoms with van der Waals surface area (Å²) < 4.78 is 5.86. The maximum Gasteiger partial charge on any atom is 0.258 e. The van der Waals surface area contributed by atoms with Gasteiger partial charge in [0, 0.05) is 12.2 Å². The molecule has 2 aromatic carbocycles. The molecule has 1 aliphatic heterocycles. The molecule has 0 spiro atoms. The largest absolute Gasteiger partial charge is 0.494 e. The molecule has 0 fully saturated rings. The Morgan fingerprint density at radius 2 is 1.82 bits per heavy atom. The smallest absolute Gasteiger partial charge is 0.258 e. The third-order valence-corrected chi connectivity index (χ3v) is 5.06. The first-order valence-electron chi connectivity index (χ1n) is 10.2. The van der Waals surface area contributed by atoms with E-state index in [0.717, 1.165) is 30.0 Å². The van der Waals surface area contributed by atoms with Crippen molar-refractivity contribution in [1.29, 1.82) is 0 Å². The molecule has 1 unspecified atom stereocenters. The summed E-state index contributed by atoms with van der Waals surface area (Å²) in [5.41, 5.74) is 2.59. The Morgan fingerprint density at radius 1 is 1.07 bits per heavy atom. The Morgan fingerprint density at radius 3 is 2.57 bits per heavy atom. The van der Waals surface area contributed by atoms with Crippen LogP contribution in [-0.2, 0) is 0 Å². The second kappa shape index (κ2) is 9.98. The van der Waals surface area contributed by atoms with Gasteiger partial charge in [-0.15, -0.1) is 6.58 Å². The Bertz CT molecular complexity index is 785. The van der Waals surface area contributed by atoms with Crippen LogP contribution in [0.2, 0.25) is 0 Å². The SMILES string of the molecule is C=CCN1C(=O)c2ccccc2NC1c1ccc(OCCCCCCC)cc1. The maximum absolute atomic E-state index is 12.9. The first kappa shape index (κ1) is 20.0. The number of amides is 1. The van der Waals surface area contributed by atoms with Crippen LogP contribution in [0.5, 0.6) is 5.75 Å². The summed E-state index contributed by atoms with van der Waals surface area (Å²) in [6.07, 6.45) is 7.68. The third kappa shape index (κ3) is 4.75. The summed E-state index contributed by atoms with van der Waals surface area (Å²) in [5.74, 6) is 0.892. The highest BCUT2D eigenvalue weighted by molar-refractivity contribution is 6.01. The number of ether oxygens (including phenoxy) is 1. The predicted molar refractivity (Wildman–Crippen MR) is 115 cm³/mol. The van der Waals surface area contributed by atoms with E-state index in [9.17, 15) is 4.79 Å². The first-order chi connectivity index (χ1) is 13.7. The fraction of sp³-hybridized carbons (Fsp3) is 0.375. The van der Waals surface area contributed by atoms with Crippen LogP contribution in [0.1, 0.15) is 61.1 Å². The molecule has 0 saturated carbocycles. The molecule has 4 nitrogen and oxygen atoms in total. The Hall–Kier alpha value is -2.75. The number of carbonyl (C=O) groups excluding carboxylic acids is 1. The molecule has 1 aliphatic rings. The van der Waals surface area contributed by atoms with Gasteiger partial charge in [-0.25, -0.2) is 0 Å². The van der Waals surface area contributed by atoms with E-state index in [1.807, 2.05) is 48.5 Å². The lowest BCUT2D eigenvalue weighted by atomic mass is 10.0. The molecule has 0 saturated heterocycles. The number of anilines is 1. The Kier molecular flexibility index (Phi) is 7.12. The molecule has 0 radical (unpaired) electrons. The molecule has 0 bridgehead atoms. The summed E-state index contributed by atoms with van der Waals surface area (Å²) >= 11 is 0. The molecular weight excluding hydrogens is 348 g/mol. The number of fused-ring (bicyclic) bond motifs is 1. The van der Waals surface area contributed by atoms with Crippen molar-refractivity contribution >= 4 is 11.6 Å². The highest BCUT2D eigenvalue weighted by Gasteiger charge is 2.31. The molecule has 1 heterocycles. The van der Waals surface area contributed by atoms with Crippen LogP contribution in [0.3, 0.4) is 0 Å². The molecule has 1 amide bonds. The average molecular weight is 379 g/mol. The highest BCUT2D eigenvalue weighted by atomic mass is 16.5. The fourth-order valence-electron chi connectivity index (χ4n) is 3.53. The summed E-state index contributed by atoms with van der Waals surface area (Å²) in [4.78, 5) is 14.7. The Balaban J connectivity index is 1.66. The van der Waals surface area contributed by atoms with Crippen LogP contribution in [0.4, 0.5) is 5.69 Å². The minimum atomic E-state index is -0.219. The monoisotopic (exact) mass is 378 g/mol. The van der Waals surface area contributed by atoms with Crippen molar-refractivity contribution < 1.29 is 9.53 Å². The van der Waals surface area contributed by atoms with Crippen molar-refractivity contribution in [2.45, 2.75) is 45.2 Å². The van der Waals surface area contributed by atoms with Gasteiger partial charge in [0.25, 0.3) is 5.91 Å². The van der Waals surface area contributed by atoms with Gasteiger partial charge in [-0.2, -0.15) is 0 Å². The number of hydrogen-bond acceptors (Lipinski definition) is 3. The topological polar surface area (TPSA) is 41.6 Å². The zero-order chi connectivity index (χ0) is 19.8. The lowest BCUT2D eigenvalue weighted by Crippen LogP contribution is -2.42. The van der Waals surface area contributed by atoms with Crippen LogP contribution in [0, 0.1) is 0 Å². The number of nitrogens with zero attached hydrogens (tertiary/aromatic N) is 1. The van der Waals surface area contributed by atoms with E-state index in [0.29, 0.717) is 12.1 Å². The van der Waals surface area contributed by atoms with Gasteiger partial charge in [-0.05, 0) is 36.2 Å². The van der Waals surface area contributed by atoms with Crippen molar-refractivity contribution in [3.05, 3.63) is 72.3 Å². The molecular formula is C24H30N2O2. The van der Waals surface area contributed by atoms with E-state index in [-0.39, 0.29) is 12.1 Å². The number of para-hydroxylation sites is 1. The first-order valence-corrected chi connectivity index (χ1v) is 10.2. The number of hydrogen-bond donors (Lipinski definition) is 1. The minimum absolute atomic E-state index is 0.0201.